The van der Waals surface area contributed by atoms with Crippen LogP contribution in [-0.2, 0) is 0 Å². The van der Waals surface area contributed by atoms with Gasteiger partial charge in [-0.05, 0) is 35.4 Å². The second-order valence-electron chi connectivity index (χ2n) is 4.22. The van der Waals surface area contributed by atoms with Gasteiger partial charge in [0, 0.05) is 11.4 Å². The number of rotatable bonds is 3. The Hall–Kier alpha value is -3.10. The molecule has 0 aliphatic carbocycles. The van der Waals surface area contributed by atoms with Gasteiger partial charge >= 0.3 is 11.9 Å². The number of benzene rings is 2. The van der Waals surface area contributed by atoms with Gasteiger partial charge in [-0.1, -0.05) is 12.1 Å². The van der Waals surface area contributed by atoms with Crippen LogP contribution in [0.4, 0.5) is 11.4 Å². The normalized spacial score (nSPS) is 9.27. The average molecular weight is 306 g/mol. The van der Waals surface area contributed by atoms with E-state index in [4.69, 9.17) is 11.5 Å². The minimum absolute atomic E-state index is 0. The number of hydrogen-bond donors (Lipinski definition) is 6. The number of hydrogen-bond acceptors (Lipinski definition) is 6. The van der Waals surface area contributed by atoms with Gasteiger partial charge in [0.15, 0.2) is 0 Å². The molecule has 0 saturated carbocycles. The monoisotopic (exact) mass is 306 g/mol. The molecule has 0 aliphatic heterocycles. The van der Waals surface area contributed by atoms with Gasteiger partial charge in [0.1, 0.15) is 0 Å². The molecule has 0 atom stereocenters. The van der Waals surface area contributed by atoms with E-state index >= 15 is 0 Å². The number of carboxylic acid groups (broad SMARTS) is 2. The van der Waals surface area contributed by atoms with Crippen LogP contribution in [0.25, 0.3) is 11.1 Å². The van der Waals surface area contributed by atoms with E-state index in [-0.39, 0.29) is 34.6 Å². The van der Waals surface area contributed by atoms with E-state index in [0.29, 0.717) is 11.4 Å². The first-order valence-corrected chi connectivity index (χ1v) is 5.66. The van der Waals surface area contributed by atoms with Gasteiger partial charge in [0.2, 0.25) is 0 Å². The lowest BCUT2D eigenvalue weighted by Crippen LogP contribution is -2.05. The summed E-state index contributed by atoms with van der Waals surface area (Å²) in [7, 11) is 0. The van der Waals surface area contributed by atoms with Crippen LogP contribution in [0.15, 0.2) is 36.4 Å². The second-order valence-corrected chi connectivity index (χ2v) is 4.22. The number of carboxylic acids is 2. The van der Waals surface area contributed by atoms with Crippen molar-refractivity contribution in [3.05, 3.63) is 47.5 Å². The zero-order chi connectivity index (χ0) is 14.9. The Labute approximate surface area is 126 Å². The van der Waals surface area contributed by atoms with Crippen molar-refractivity contribution < 1.29 is 19.8 Å². The van der Waals surface area contributed by atoms with Crippen LogP contribution in [0, 0.1) is 0 Å². The van der Waals surface area contributed by atoms with E-state index in [9.17, 15) is 19.8 Å². The zero-order valence-corrected chi connectivity index (χ0v) is 11.7. The summed E-state index contributed by atoms with van der Waals surface area (Å²) >= 11 is 0. The standard InChI is InChI=1S/C14H12N2O4.2H3N/c15-7-1-3-9(11(5-7)13(17)18)10-4-2-8(16)6-12(10)14(19)20;;/h1-6H,15-16H2,(H,17,18)(H,19,20);2*1H3. The van der Waals surface area contributed by atoms with Crippen molar-refractivity contribution in [2.45, 2.75) is 0 Å². The topological polar surface area (TPSA) is 197 Å². The molecular weight excluding hydrogens is 288 g/mol. The van der Waals surface area contributed by atoms with Crippen molar-refractivity contribution in [1.29, 1.82) is 0 Å². The van der Waals surface area contributed by atoms with Gasteiger partial charge in [0.25, 0.3) is 0 Å². The Morgan fingerprint density at radius 3 is 1.32 bits per heavy atom. The van der Waals surface area contributed by atoms with E-state index in [2.05, 4.69) is 0 Å². The van der Waals surface area contributed by atoms with Crippen molar-refractivity contribution in [1.82, 2.24) is 12.3 Å². The quantitative estimate of drug-likeness (QED) is 0.463. The Kier molecular flexibility index (Phi) is 6.07. The van der Waals surface area contributed by atoms with Crippen molar-refractivity contribution in [2.75, 3.05) is 11.5 Å². The van der Waals surface area contributed by atoms with E-state index in [0.717, 1.165) is 0 Å². The van der Waals surface area contributed by atoms with Crippen LogP contribution < -0.4 is 23.8 Å². The van der Waals surface area contributed by atoms with Gasteiger partial charge in [-0.25, -0.2) is 9.59 Å². The maximum absolute atomic E-state index is 11.3. The van der Waals surface area contributed by atoms with Crippen LogP contribution >= 0.6 is 0 Å². The van der Waals surface area contributed by atoms with Gasteiger partial charge in [-0.15, -0.1) is 0 Å². The highest BCUT2D eigenvalue weighted by Crippen LogP contribution is 2.30. The van der Waals surface area contributed by atoms with Crippen LogP contribution in [0.5, 0.6) is 0 Å². The van der Waals surface area contributed by atoms with E-state index < -0.39 is 11.9 Å². The molecule has 2 aromatic carbocycles. The third-order valence-electron chi connectivity index (χ3n) is 2.84. The molecule has 0 unspecified atom stereocenters. The number of nitrogens with two attached hydrogens (primary N) is 2. The first-order valence-electron chi connectivity index (χ1n) is 5.66. The lowest BCUT2D eigenvalue weighted by molar-refractivity contribution is 0.0684. The summed E-state index contributed by atoms with van der Waals surface area (Å²) in [6.45, 7) is 0. The van der Waals surface area contributed by atoms with Crippen molar-refractivity contribution in [2.24, 2.45) is 0 Å². The Morgan fingerprint density at radius 1 is 0.727 bits per heavy atom. The second kappa shape index (κ2) is 7.07. The third kappa shape index (κ3) is 3.51. The molecule has 0 bridgehead atoms. The summed E-state index contributed by atoms with van der Waals surface area (Å²) in [6, 6.07) is 8.58. The first-order chi connectivity index (χ1) is 9.40. The summed E-state index contributed by atoms with van der Waals surface area (Å²) in [6.07, 6.45) is 0. The highest BCUT2D eigenvalue weighted by Gasteiger charge is 2.18. The number of aromatic carboxylic acids is 2. The predicted molar refractivity (Wildman–Crippen MR) is 84.7 cm³/mol. The van der Waals surface area contributed by atoms with Crippen molar-refractivity contribution in [3.8, 4) is 11.1 Å². The van der Waals surface area contributed by atoms with E-state index in [1.165, 1.54) is 36.4 Å². The van der Waals surface area contributed by atoms with Crippen LogP contribution in [0.1, 0.15) is 20.7 Å². The van der Waals surface area contributed by atoms with Gasteiger partial charge in [-0.3, -0.25) is 0 Å². The van der Waals surface area contributed by atoms with Crippen molar-refractivity contribution in [3.63, 3.8) is 0 Å². The molecule has 12 N–H and O–H groups in total. The fourth-order valence-corrected chi connectivity index (χ4v) is 1.95. The van der Waals surface area contributed by atoms with Crippen LogP contribution in [0.3, 0.4) is 0 Å². The molecule has 0 aromatic heterocycles. The minimum Gasteiger partial charge on any atom is -0.478 e. The van der Waals surface area contributed by atoms with Crippen LogP contribution in [0.2, 0.25) is 0 Å². The molecule has 118 valence electrons. The van der Waals surface area contributed by atoms with Crippen LogP contribution in [-0.4, -0.2) is 22.2 Å². The molecule has 2 aromatic rings. The number of carbonyl (C=O) groups is 2. The maximum atomic E-state index is 11.3. The van der Waals surface area contributed by atoms with E-state index in [1.807, 2.05) is 0 Å². The summed E-state index contributed by atoms with van der Waals surface area (Å²) in [5, 5.41) is 18.4. The fourth-order valence-electron chi connectivity index (χ4n) is 1.95. The van der Waals surface area contributed by atoms with Gasteiger partial charge < -0.3 is 34.0 Å². The highest BCUT2D eigenvalue weighted by molar-refractivity contribution is 6.03. The van der Waals surface area contributed by atoms with Gasteiger partial charge in [-0.2, -0.15) is 0 Å². The molecule has 0 radical (unpaired) electrons. The average Bonchev–Trinajstić information content (AvgIpc) is 2.38. The fraction of sp³-hybridized carbons (Fsp3) is 0. The molecular formula is C14H18N4O4. The van der Waals surface area contributed by atoms with E-state index in [1.54, 1.807) is 0 Å². The Balaban J connectivity index is 0.00000220. The molecule has 0 saturated heterocycles. The molecule has 0 fully saturated rings. The van der Waals surface area contributed by atoms with Gasteiger partial charge in [0.05, 0.1) is 11.1 Å². The molecule has 22 heavy (non-hydrogen) atoms. The zero-order valence-electron chi connectivity index (χ0n) is 11.7. The number of anilines is 2. The molecule has 0 heterocycles. The lowest BCUT2D eigenvalue weighted by Gasteiger charge is -2.11. The predicted octanol–water partition coefficient (Wildman–Crippen LogP) is 2.24. The SMILES string of the molecule is N.N.Nc1ccc(-c2ccc(N)cc2C(=O)O)c(C(=O)O)c1. The summed E-state index contributed by atoms with van der Waals surface area (Å²) < 4.78 is 0. The molecule has 0 spiro atoms. The van der Waals surface area contributed by atoms with Crippen molar-refractivity contribution >= 4 is 23.3 Å². The molecule has 2 rings (SSSR count). The number of nitrogen functional groups attached to an aromatic ring is 2. The third-order valence-corrected chi connectivity index (χ3v) is 2.84. The highest BCUT2D eigenvalue weighted by atomic mass is 16.4. The summed E-state index contributed by atoms with van der Waals surface area (Å²) in [5.41, 5.74) is 12.2. The lowest BCUT2D eigenvalue weighted by atomic mass is 9.94. The summed E-state index contributed by atoms with van der Waals surface area (Å²) in [5.74, 6) is -2.36. The molecule has 8 heteroatoms. The minimum atomic E-state index is -1.18. The maximum Gasteiger partial charge on any atom is 0.336 e. The molecule has 0 aliphatic rings. The largest absolute Gasteiger partial charge is 0.478 e. The molecule has 8 nitrogen and oxygen atoms in total. The molecule has 0 amide bonds. The Bertz CT molecular complexity index is 654. The Morgan fingerprint density at radius 2 is 1.05 bits per heavy atom. The smallest absolute Gasteiger partial charge is 0.336 e. The summed E-state index contributed by atoms with van der Waals surface area (Å²) in [4.78, 5) is 22.5. The first kappa shape index (κ1) is 18.9.